The van der Waals surface area contributed by atoms with Gasteiger partial charge in [0.15, 0.2) is 0 Å². The van der Waals surface area contributed by atoms with Gasteiger partial charge in [-0.1, -0.05) is 39.0 Å². The first kappa shape index (κ1) is 14.3. The number of fused-ring (bicyclic) bond motifs is 1. The molecule has 0 spiro atoms. The third-order valence-corrected chi connectivity index (χ3v) is 4.98. The Labute approximate surface area is 114 Å². The molecule has 0 aliphatic carbocycles. The van der Waals surface area contributed by atoms with Crippen molar-refractivity contribution in [3.8, 4) is 0 Å². The lowest BCUT2D eigenvalue weighted by molar-refractivity contribution is 0.231. The number of hydrogen-bond acceptors (Lipinski definition) is 2. The molecule has 2 aliphatic heterocycles. The molecule has 2 heterocycles. The van der Waals surface area contributed by atoms with E-state index in [2.05, 4.69) is 24.1 Å². The van der Waals surface area contributed by atoms with E-state index in [4.69, 9.17) is 0 Å². The van der Waals surface area contributed by atoms with Gasteiger partial charge in [0.05, 0.1) is 0 Å². The minimum Gasteiger partial charge on any atom is -0.312 e. The van der Waals surface area contributed by atoms with Crippen LogP contribution in [0.5, 0.6) is 0 Å². The molecule has 0 bridgehead atoms. The summed E-state index contributed by atoms with van der Waals surface area (Å²) in [6.45, 7) is 8.65. The van der Waals surface area contributed by atoms with Gasteiger partial charge in [-0.3, -0.25) is 4.90 Å². The van der Waals surface area contributed by atoms with Crippen LogP contribution in [0.25, 0.3) is 0 Å². The van der Waals surface area contributed by atoms with Crippen LogP contribution in [0.2, 0.25) is 0 Å². The molecular formula is C16H32N2. The van der Waals surface area contributed by atoms with Gasteiger partial charge in [-0.15, -0.1) is 0 Å². The van der Waals surface area contributed by atoms with Gasteiger partial charge in [-0.05, 0) is 38.6 Å². The standard InChI is InChI=1S/C16H32N2/c1-3-4-5-6-7-9-14(2)18-12-15-10-8-11-17-16(15)13-18/h14-17H,3-13H2,1-2H3. The smallest absolute Gasteiger partial charge is 0.0235 e. The van der Waals surface area contributed by atoms with Crippen LogP contribution in [0, 0.1) is 5.92 Å². The molecule has 2 fully saturated rings. The molecule has 0 aromatic rings. The number of unbranched alkanes of at least 4 members (excludes halogenated alkanes) is 4. The average molecular weight is 252 g/mol. The van der Waals surface area contributed by atoms with E-state index in [9.17, 15) is 0 Å². The molecular weight excluding hydrogens is 220 g/mol. The number of nitrogens with one attached hydrogen (secondary N) is 1. The molecule has 0 radical (unpaired) electrons. The molecule has 0 aromatic carbocycles. The zero-order chi connectivity index (χ0) is 12.8. The summed E-state index contributed by atoms with van der Waals surface area (Å²) in [7, 11) is 0. The molecule has 1 N–H and O–H groups in total. The van der Waals surface area contributed by atoms with Gasteiger partial charge in [-0.25, -0.2) is 0 Å². The summed E-state index contributed by atoms with van der Waals surface area (Å²) in [5.74, 6) is 0.946. The van der Waals surface area contributed by atoms with E-state index in [1.54, 1.807) is 0 Å². The van der Waals surface area contributed by atoms with Crippen molar-refractivity contribution in [1.29, 1.82) is 0 Å². The van der Waals surface area contributed by atoms with Crippen LogP contribution >= 0.6 is 0 Å². The van der Waals surface area contributed by atoms with Crippen LogP contribution in [-0.4, -0.2) is 36.6 Å². The SMILES string of the molecule is CCCCCCCC(C)N1CC2CCCNC2C1. The highest BCUT2D eigenvalue weighted by atomic mass is 15.2. The maximum Gasteiger partial charge on any atom is 0.0235 e. The van der Waals surface area contributed by atoms with Crippen LogP contribution in [-0.2, 0) is 0 Å². The van der Waals surface area contributed by atoms with Crippen molar-refractivity contribution < 1.29 is 0 Å². The average Bonchev–Trinajstić information content (AvgIpc) is 2.82. The molecule has 2 nitrogen and oxygen atoms in total. The van der Waals surface area contributed by atoms with Crippen molar-refractivity contribution in [2.24, 2.45) is 5.92 Å². The fourth-order valence-corrected chi connectivity index (χ4v) is 3.67. The highest BCUT2D eigenvalue weighted by Crippen LogP contribution is 2.27. The lowest BCUT2D eigenvalue weighted by Gasteiger charge is -2.25. The Morgan fingerprint density at radius 1 is 1.17 bits per heavy atom. The fourth-order valence-electron chi connectivity index (χ4n) is 3.67. The molecule has 2 rings (SSSR count). The van der Waals surface area contributed by atoms with Crippen LogP contribution in [0.1, 0.15) is 65.2 Å². The zero-order valence-electron chi connectivity index (χ0n) is 12.5. The summed E-state index contributed by atoms with van der Waals surface area (Å²) >= 11 is 0. The highest BCUT2D eigenvalue weighted by Gasteiger charge is 2.35. The van der Waals surface area contributed by atoms with E-state index in [1.165, 1.54) is 71.0 Å². The quantitative estimate of drug-likeness (QED) is 0.698. The fraction of sp³-hybridized carbons (Fsp3) is 1.00. The Morgan fingerprint density at radius 2 is 2.00 bits per heavy atom. The Hall–Kier alpha value is -0.0800. The van der Waals surface area contributed by atoms with Crippen molar-refractivity contribution in [3.63, 3.8) is 0 Å². The van der Waals surface area contributed by atoms with Crippen molar-refractivity contribution in [2.45, 2.75) is 77.3 Å². The third-order valence-electron chi connectivity index (χ3n) is 4.98. The minimum atomic E-state index is 0.805. The zero-order valence-corrected chi connectivity index (χ0v) is 12.5. The molecule has 3 atom stereocenters. The first-order valence-corrected chi connectivity index (χ1v) is 8.28. The maximum absolute atomic E-state index is 3.71. The molecule has 0 aromatic heterocycles. The van der Waals surface area contributed by atoms with Crippen molar-refractivity contribution in [1.82, 2.24) is 10.2 Å². The van der Waals surface area contributed by atoms with Crippen molar-refractivity contribution >= 4 is 0 Å². The summed E-state index contributed by atoms with van der Waals surface area (Å²) < 4.78 is 0. The number of likely N-dealkylation sites (tertiary alicyclic amines) is 1. The lowest BCUT2D eigenvalue weighted by atomic mass is 9.94. The monoisotopic (exact) mass is 252 g/mol. The number of hydrogen-bond donors (Lipinski definition) is 1. The second kappa shape index (κ2) is 7.49. The molecule has 0 saturated carbocycles. The van der Waals surface area contributed by atoms with Crippen molar-refractivity contribution in [2.75, 3.05) is 19.6 Å². The summed E-state index contributed by atoms with van der Waals surface area (Å²) in [6, 6.07) is 1.61. The number of rotatable bonds is 7. The first-order chi connectivity index (χ1) is 8.81. The maximum atomic E-state index is 3.71. The van der Waals surface area contributed by atoms with E-state index in [0.29, 0.717) is 0 Å². The summed E-state index contributed by atoms with van der Waals surface area (Å²) in [4.78, 5) is 2.74. The molecule has 18 heavy (non-hydrogen) atoms. The Bertz CT molecular complexity index is 215. The molecule has 3 unspecified atom stereocenters. The van der Waals surface area contributed by atoms with Gasteiger partial charge in [-0.2, -0.15) is 0 Å². The summed E-state index contributed by atoms with van der Waals surface area (Å²) in [6.07, 6.45) is 11.3. The van der Waals surface area contributed by atoms with Gasteiger partial charge >= 0.3 is 0 Å². The Balaban J connectivity index is 1.62. The van der Waals surface area contributed by atoms with Crippen molar-refractivity contribution in [3.05, 3.63) is 0 Å². The molecule has 0 amide bonds. The molecule has 106 valence electrons. The number of nitrogens with zero attached hydrogens (tertiary/aromatic N) is 1. The van der Waals surface area contributed by atoms with Gasteiger partial charge in [0, 0.05) is 25.2 Å². The van der Waals surface area contributed by atoms with Crippen LogP contribution in [0.15, 0.2) is 0 Å². The van der Waals surface area contributed by atoms with E-state index in [0.717, 1.165) is 18.0 Å². The predicted molar refractivity (Wildman–Crippen MR) is 78.9 cm³/mol. The molecule has 2 heteroatoms. The summed E-state index contributed by atoms with van der Waals surface area (Å²) in [5.41, 5.74) is 0. The van der Waals surface area contributed by atoms with Crippen LogP contribution < -0.4 is 5.32 Å². The van der Waals surface area contributed by atoms with Gasteiger partial charge in [0.2, 0.25) is 0 Å². The summed E-state index contributed by atoms with van der Waals surface area (Å²) in [5, 5.41) is 3.71. The van der Waals surface area contributed by atoms with Crippen LogP contribution in [0.4, 0.5) is 0 Å². The second-order valence-corrected chi connectivity index (χ2v) is 6.47. The largest absolute Gasteiger partial charge is 0.312 e. The topological polar surface area (TPSA) is 15.3 Å². The Morgan fingerprint density at radius 3 is 2.78 bits per heavy atom. The Kier molecular flexibility index (Phi) is 5.97. The van der Waals surface area contributed by atoms with E-state index < -0.39 is 0 Å². The van der Waals surface area contributed by atoms with E-state index >= 15 is 0 Å². The van der Waals surface area contributed by atoms with Gasteiger partial charge in [0.25, 0.3) is 0 Å². The third kappa shape index (κ3) is 3.96. The molecule has 2 saturated heterocycles. The van der Waals surface area contributed by atoms with Gasteiger partial charge < -0.3 is 5.32 Å². The number of piperidine rings is 1. The normalized spacial score (nSPS) is 30.3. The van der Waals surface area contributed by atoms with Gasteiger partial charge in [0.1, 0.15) is 0 Å². The minimum absolute atomic E-state index is 0.805. The van der Waals surface area contributed by atoms with E-state index in [-0.39, 0.29) is 0 Å². The highest BCUT2D eigenvalue weighted by molar-refractivity contribution is 4.93. The predicted octanol–water partition coefficient (Wildman–Crippen LogP) is 3.42. The lowest BCUT2D eigenvalue weighted by Crippen LogP contribution is -2.41. The second-order valence-electron chi connectivity index (χ2n) is 6.47. The van der Waals surface area contributed by atoms with E-state index in [1.807, 2.05) is 0 Å². The molecule has 2 aliphatic rings. The van der Waals surface area contributed by atoms with Crippen LogP contribution in [0.3, 0.4) is 0 Å². The first-order valence-electron chi connectivity index (χ1n) is 8.28.